The molecule has 82 valence electrons. The minimum atomic E-state index is -1.04. The average molecular weight is 236 g/mol. The summed E-state index contributed by atoms with van der Waals surface area (Å²) in [5, 5.41) is 11.4. The van der Waals surface area contributed by atoms with Crippen LogP contribution in [0.3, 0.4) is 0 Å². The number of thiazole rings is 1. The highest BCUT2D eigenvalue weighted by molar-refractivity contribution is 7.20. The Morgan fingerprint density at radius 2 is 2.19 bits per heavy atom. The van der Waals surface area contributed by atoms with E-state index < -0.39 is 5.97 Å². The summed E-state index contributed by atoms with van der Waals surface area (Å²) in [5.41, 5.74) is 1.19. The zero-order valence-electron chi connectivity index (χ0n) is 8.35. The number of hydrogen-bond donors (Lipinski definition) is 2. The molecule has 1 aromatic heterocycles. The summed E-state index contributed by atoms with van der Waals surface area (Å²) in [6, 6.07) is 5.11. The Kier molecular flexibility index (Phi) is 2.57. The molecule has 0 spiro atoms. The molecule has 1 heterocycles. The largest absolute Gasteiger partial charge is 0.476 e. The topological polar surface area (TPSA) is 79.3 Å². The molecule has 0 unspecified atom stereocenters. The molecule has 1 amide bonds. The van der Waals surface area contributed by atoms with Gasteiger partial charge in [0.05, 0.1) is 10.2 Å². The van der Waals surface area contributed by atoms with Crippen molar-refractivity contribution in [3.63, 3.8) is 0 Å². The van der Waals surface area contributed by atoms with E-state index in [0.29, 0.717) is 11.2 Å². The number of carbonyl (C=O) groups excluding carboxylic acids is 1. The lowest BCUT2D eigenvalue weighted by Gasteiger charge is -1.99. The molecule has 0 aliphatic rings. The number of fused-ring (bicyclic) bond motifs is 1. The first-order valence-corrected chi connectivity index (χ1v) is 5.29. The van der Waals surface area contributed by atoms with Crippen molar-refractivity contribution in [2.45, 2.75) is 6.92 Å². The predicted molar refractivity (Wildman–Crippen MR) is 60.9 cm³/mol. The van der Waals surface area contributed by atoms with E-state index >= 15 is 0 Å². The molecule has 2 rings (SSSR count). The summed E-state index contributed by atoms with van der Waals surface area (Å²) in [6.07, 6.45) is 0. The number of aromatic carboxylic acids is 1. The molecule has 0 saturated carbocycles. The van der Waals surface area contributed by atoms with Crippen LogP contribution < -0.4 is 5.32 Å². The number of hydrogen-bond acceptors (Lipinski definition) is 4. The van der Waals surface area contributed by atoms with Crippen LogP contribution in [0.1, 0.15) is 16.7 Å². The summed E-state index contributed by atoms with van der Waals surface area (Å²) in [7, 11) is 0. The van der Waals surface area contributed by atoms with Crippen LogP contribution in [-0.4, -0.2) is 22.0 Å². The van der Waals surface area contributed by atoms with Crippen LogP contribution in [0.15, 0.2) is 18.2 Å². The fraction of sp³-hybridized carbons (Fsp3) is 0.100. The van der Waals surface area contributed by atoms with E-state index in [2.05, 4.69) is 10.3 Å². The quantitative estimate of drug-likeness (QED) is 0.835. The Hall–Kier alpha value is -1.95. The van der Waals surface area contributed by atoms with Gasteiger partial charge in [0.15, 0.2) is 0 Å². The first kappa shape index (κ1) is 10.6. The van der Waals surface area contributed by atoms with Crippen molar-refractivity contribution in [1.82, 2.24) is 4.98 Å². The number of amides is 1. The maximum Gasteiger partial charge on any atom is 0.365 e. The second-order valence-corrected chi connectivity index (χ2v) is 4.22. The van der Waals surface area contributed by atoms with Gasteiger partial charge >= 0.3 is 5.97 Å². The molecule has 0 bridgehead atoms. The van der Waals surface area contributed by atoms with Gasteiger partial charge in [-0.1, -0.05) is 0 Å². The lowest BCUT2D eigenvalue weighted by Crippen LogP contribution is -2.05. The minimum Gasteiger partial charge on any atom is -0.476 e. The summed E-state index contributed by atoms with van der Waals surface area (Å²) in [4.78, 5) is 25.5. The third kappa shape index (κ3) is 2.01. The number of nitrogens with one attached hydrogen (secondary N) is 1. The minimum absolute atomic E-state index is 0.0509. The van der Waals surface area contributed by atoms with Crippen molar-refractivity contribution in [1.29, 1.82) is 0 Å². The van der Waals surface area contributed by atoms with Gasteiger partial charge in [-0.3, -0.25) is 4.79 Å². The SMILES string of the molecule is CC(=O)Nc1ccc2sc(C(=O)O)nc2c1. The molecule has 0 radical (unpaired) electrons. The smallest absolute Gasteiger partial charge is 0.365 e. The van der Waals surface area contributed by atoms with E-state index in [9.17, 15) is 9.59 Å². The fourth-order valence-corrected chi connectivity index (χ4v) is 2.08. The molecule has 0 aliphatic heterocycles. The number of rotatable bonds is 2. The summed E-state index contributed by atoms with van der Waals surface area (Å²) >= 11 is 1.11. The monoisotopic (exact) mass is 236 g/mol. The maximum atomic E-state index is 10.8. The van der Waals surface area contributed by atoms with Crippen molar-refractivity contribution in [2.75, 3.05) is 5.32 Å². The standard InChI is InChI=1S/C10H8N2O3S/c1-5(13)11-6-2-3-8-7(4-6)12-9(16-8)10(14)15/h2-4H,1H3,(H,11,13)(H,14,15). The number of anilines is 1. The van der Waals surface area contributed by atoms with Gasteiger partial charge in [0.2, 0.25) is 10.9 Å². The molecule has 0 aliphatic carbocycles. The van der Waals surface area contributed by atoms with E-state index in [0.717, 1.165) is 16.0 Å². The molecule has 0 saturated heterocycles. The Bertz CT molecular complexity index is 576. The Balaban J connectivity index is 2.45. The van der Waals surface area contributed by atoms with Gasteiger partial charge in [0, 0.05) is 12.6 Å². The van der Waals surface area contributed by atoms with Gasteiger partial charge < -0.3 is 10.4 Å². The first-order chi connectivity index (χ1) is 7.56. The van der Waals surface area contributed by atoms with Crippen LogP contribution in [0.25, 0.3) is 10.2 Å². The number of carboxylic acids is 1. The van der Waals surface area contributed by atoms with E-state index in [-0.39, 0.29) is 10.9 Å². The van der Waals surface area contributed by atoms with Crippen molar-refractivity contribution in [3.8, 4) is 0 Å². The molecule has 1 aromatic carbocycles. The number of nitrogens with zero attached hydrogens (tertiary/aromatic N) is 1. The van der Waals surface area contributed by atoms with Crippen LogP contribution in [0.5, 0.6) is 0 Å². The van der Waals surface area contributed by atoms with Crippen molar-refractivity contribution in [2.24, 2.45) is 0 Å². The summed E-state index contributed by atoms with van der Waals surface area (Å²) in [6.45, 7) is 1.41. The van der Waals surface area contributed by atoms with Gasteiger partial charge in [-0.05, 0) is 18.2 Å². The van der Waals surface area contributed by atoms with Gasteiger partial charge in [-0.2, -0.15) is 0 Å². The third-order valence-corrected chi connectivity index (χ3v) is 2.92. The van der Waals surface area contributed by atoms with Gasteiger partial charge in [-0.25, -0.2) is 9.78 Å². The highest BCUT2D eigenvalue weighted by Crippen LogP contribution is 2.24. The van der Waals surface area contributed by atoms with Crippen molar-refractivity contribution in [3.05, 3.63) is 23.2 Å². The van der Waals surface area contributed by atoms with E-state index in [4.69, 9.17) is 5.11 Å². The summed E-state index contributed by atoms with van der Waals surface area (Å²) in [5.74, 6) is -1.21. The lowest BCUT2D eigenvalue weighted by atomic mass is 10.3. The zero-order valence-corrected chi connectivity index (χ0v) is 9.17. The van der Waals surface area contributed by atoms with Gasteiger partial charge in [0.25, 0.3) is 0 Å². The number of benzene rings is 1. The molecule has 0 fully saturated rings. The Labute approximate surface area is 94.7 Å². The number of carbonyl (C=O) groups is 2. The Morgan fingerprint density at radius 1 is 1.44 bits per heavy atom. The van der Waals surface area contributed by atoms with Gasteiger partial charge in [0.1, 0.15) is 0 Å². The summed E-state index contributed by atoms with van der Waals surface area (Å²) < 4.78 is 0.784. The zero-order chi connectivity index (χ0) is 11.7. The number of aromatic nitrogens is 1. The van der Waals surface area contributed by atoms with Crippen LogP contribution in [0, 0.1) is 0 Å². The fourth-order valence-electron chi connectivity index (χ4n) is 1.30. The Morgan fingerprint density at radius 3 is 2.81 bits per heavy atom. The molecular formula is C10H8N2O3S. The van der Waals surface area contributed by atoms with E-state index in [1.54, 1.807) is 18.2 Å². The molecule has 2 aromatic rings. The molecule has 16 heavy (non-hydrogen) atoms. The highest BCUT2D eigenvalue weighted by Gasteiger charge is 2.10. The molecule has 5 nitrogen and oxygen atoms in total. The number of carboxylic acid groups (broad SMARTS) is 1. The van der Waals surface area contributed by atoms with Crippen LogP contribution in [0.4, 0.5) is 5.69 Å². The first-order valence-electron chi connectivity index (χ1n) is 4.48. The van der Waals surface area contributed by atoms with Crippen LogP contribution in [0.2, 0.25) is 0 Å². The van der Waals surface area contributed by atoms with Crippen molar-refractivity contribution < 1.29 is 14.7 Å². The molecule has 2 N–H and O–H groups in total. The van der Waals surface area contributed by atoms with Gasteiger partial charge in [-0.15, -0.1) is 11.3 Å². The van der Waals surface area contributed by atoms with E-state index in [1.165, 1.54) is 6.92 Å². The van der Waals surface area contributed by atoms with Crippen LogP contribution >= 0.6 is 11.3 Å². The third-order valence-electron chi connectivity index (χ3n) is 1.89. The highest BCUT2D eigenvalue weighted by atomic mass is 32.1. The normalized spacial score (nSPS) is 10.3. The van der Waals surface area contributed by atoms with E-state index in [1.807, 2.05) is 0 Å². The molecule has 6 heteroatoms. The van der Waals surface area contributed by atoms with Crippen LogP contribution in [-0.2, 0) is 4.79 Å². The second kappa shape index (κ2) is 3.90. The average Bonchev–Trinajstić information content (AvgIpc) is 2.59. The lowest BCUT2D eigenvalue weighted by molar-refractivity contribution is -0.114. The predicted octanol–water partition coefficient (Wildman–Crippen LogP) is 1.95. The maximum absolute atomic E-state index is 10.8. The molecular weight excluding hydrogens is 228 g/mol. The van der Waals surface area contributed by atoms with Crippen molar-refractivity contribution >= 4 is 39.1 Å². The molecule has 0 atom stereocenters. The second-order valence-electron chi connectivity index (χ2n) is 3.19.